The van der Waals surface area contributed by atoms with Crippen LogP contribution in [0, 0.1) is 0 Å². The van der Waals surface area contributed by atoms with Crippen molar-refractivity contribution in [3.05, 3.63) is 51.1 Å². The average molecular weight is 787 g/mol. The number of carboxylic acid groups (broad SMARTS) is 2. The van der Waals surface area contributed by atoms with Gasteiger partial charge in [-0.25, -0.2) is 14.4 Å². The van der Waals surface area contributed by atoms with Crippen LogP contribution in [0.25, 0.3) is 0 Å². The molecule has 0 aliphatic carbocycles. The van der Waals surface area contributed by atoms with Crippen LogP contribution in [0.2, 0.25) is 0 Å². The summed E-state index contributed by atoms with van der Waals surface area (Å²) in [6.45, 7) is 18.5. The molecule has 0 aromatic heterocycles. The lowest BCUT2D eigenvalue weighted by Crippen LogP contribution is -2.35. The summed E-state index contributed by atoms with van der Waals surface area (Å²) in [7, 11) is 0. The van der Waals surface area contributed by atoms with Crippen molar-refractivity contribution in [2.75, 3.05) is 33.0 Å². The number of esters is 6. The summed E-state index contributed by atoms with van der Waals surface area (Å²) in [5, 5.41) is 16.5. The number of hydrogen-bond acceptors (Lipinski definition) is 15. The molecule has 1 saturated heterocycles. The van der Waals surface area contributed by atoms with E-state index in [0.29, 0.717) is 71.0 Å². The van der Waals surface area contributed by atoms with E-state index in [1.54, 1.807) is 0 Å². The van der Waals surface area contributed by atoms with Crippen molar-refractivity contribution in [3.8, 4) is 0 Å². The second-order valence-electron chi connectivity index (χ2n) is 11.0. The predicted molar refractivity (Wildman–Crippen MR) is 197 cm³/mol. The molecule has 1 heterocycles. The number of ether oxygens (including phenoxy) is 7. The minimum Gasteiger partial charge on any atom is -0.481 e. The SMILES string of the molecule is C=C.C=CC(=O)OCCCCC(=O)O.C=CC(=O)OCCCCC(=O)OC1CCOC(OC(=O)CCCCOC(=O)C=C)C1.CC(=O)OCCCCC(=O)O. The quantitative estimate of drug-likeness (QED) is 0.0409. The lowest BCUT2D eigenvalue weighted by molar-refractivity contribution is -0.202. The number of aliphatic carboxylic acids is 2. The fourth-order valence-corrected chi connectivity index (χ4v) is 3.78. The number of carboxylic acids is 2. The first-order valence-corrected chi connectivity index (χ1v) is 17.7. The zero-order valence-electron chi connectivity index (χ0n) is 31.9. The highest BCUT2D eigenvalue weighted by Gasteiger charge is 2.28. The summed E-state index contributed by atoms with van der Waals surface area (Å²) in [4.78, 5) is 86.3. The standard InChI is InChI=1S/C21H30O9.C8H12O4.C7H12O4.C2H4/c1-3-17(22)26-12-7-5-9-19(24)29-16-11-14-28-21(15-16)30-20(25)10-6-8-13-27-18(23)4-2;1-2-8(11)12-6-4-3-5-7(9)10;1-6(8)11-5-3-2-4-7(9)10;1-2/h3-4,16,21H,1-2,5-15H2;2H,1,3-6H2,(H,9,10);2-5H2,1H3,(H,9,10);1-2H2. The van der Waals surface area contributed by atoms with Gasteiger partial charge >= 0.3 is 47.8 Å². The molecule has 0 spiro atoms. The van der Waals surface area contributed by atoms with Crippen LogP contribution < -0.4 is 0 Å². The lowest BCUT2D eigenvalue weighted by Gasteiger charge is -2.28. The summed E-state index contributed by atoms with van der Waals surface area (Å²) in [6.07, 6.45) is 7.99. The topological polar surface area (TPSA) is 242 Å². The van der Waals surface area contributed by atoms with E-state index in [1.165, 1.54) is 6.92 Å². The maximum Gasteiger partial charge on any atom is 0.330 e. The van der Waals surface area contributed by atoms with Crippen molar-refractivity contribution in [3.63, 3.8) is 0 Å². The smallest absolute Gasteiger partial charge is 0.330 e. The van der Waals surface area contributed by atoms with Gasteiger partial charge in [0, 0.05) is 63.7 Å². The molecule has 0 aromatic carbocycles. The van der Waals surface area contributed by atoms with Crippen molar-refractivity contribution in [2.24, 2.45) is 0 Å². The Morgan fingerprint density at radius 2 is 0.945 bits per heavy atom. The van der Waals surface area contributed by atoms with E-state index in [4.69, 9.17) is 33.9 Å². The van der Waals surface area contributed by atoms with E-state index in [2.05, 4.69) is 42.4 Å². The third-order valence-electron chi connectivity index (χ3n) is 6.42. The molecule has 1 fully saturated rings. The van der Waals surface area contributed by atoms with Gasteiger partial charge in [-0.05, 0) is 51.4 Å². The molecule has 55 heavy (non-hydrogen) atoms. The Bertz CT molecular complexity index is 1110. The molecule has 0 radical (unpaired) electrons. The Balaban J connectivity index is -0.000000885. The van der Waals surface area contributed by atoms with Crippen LogP contribution in [0.15, 0.2) is 51.1 Å². The van der Waals surface area contributed by atoms with Gasteiger partial charge in [0.1, 0.15) is 6.10 Å². The van der Waals surface area contributed by atoms with Gasteiger partial charge in [0.05, 0.1) is 33.0 Å². The van der Waals surface area contributed by atoms with Crippen LogP contribution in [0.1, 0.15) is 96.8 Å². The Hall–Kier alpha value is -5.32. The molecule has 0 saturated carbocycles. The molecule has 2 atom stereocenters. The monoisotopic (exact) mass is 786 g/mol. The number of rotatable bonds is 25. The molecule has 312 valence electrons. The van der Waals surface area contributed by atoms with Gasteiger partial charge in [-0.2, -0.15) is 0 Å². The minimum atomic E-state index is -0.829. The molecule has 1 aliphatic heterocycles. The number of carbonyl (C=O) groups is 8. The zero-order chi connectivity index (χ0) is 42.3. The van der Waals surface area contributed by atoms with E-state index < -0.39 is 42.1 Å². The predicted octanol–water partition coefficient (Wildman–Crippen LogP) is 4.95. The molecule has 0 aromatic rings. The fraction of sp³-hybridized carbons (Fsp3) is 0.579. The fourth-order valence-electron chi connectivity index (χ4n) is 3.78. The van der Waals surface area contributed by atoms with E-state index in [1.807, 2.05) is 0 Å². The van der Waals surface area contributed by atoms with Gasteiger partial charge in [-0.3, -0.25) is 24.0 Å². The molecule has 1 rings (SSSR count). The van der Waals surface area contributed by atoms with Crippen molar-refractivity contribution in [1.82, 2.24) is 0 Å². The van der Waals surface area contributed by atoms with Crippen molar-refractivity contribution in [2.45, 2.75) is 109 Å². The molecule has 1 aliphatic rings. The minimum absolute atomic E-state index is 0.117. The number of carbonyl (C=O) groups excluding carboxylic acids is 6. The Labute approximate surface area is 322 Å². The molecule has 17 nitrogen and oxygen atoms in total. The second-order valence-corrected chi connectivity index (χ2v) is 11.0. The van der Waals surface area contributed by atoms with Crippen molar-refractivity contribution >= 4 is 47.8 Å². The second kappa shape index (κ2) is 38.4. The highest BCUT2D eigenvalue weighted by Crippen LogP contribution is 2.19. The maximum absolute atomic E-state index is 11.9. The van der Waals surface area contributed by atoms with Gasteiger partial charge in [0.2, 0.25) is 6.29 Å². The lowest BCUT2D eigenvalue weighted by atomic mass is 10.1. The molecular weight excluding hydrogens is 728 g/mol. The van der Waals surface area contributed by atoms with Crippen LogP contribution in [-0.4, -0.2) is 103 Å². The van der Waals surface area contributed by atoms with Gasteiger partial charge in [-0.15, -0.1) is 13.2 Å². The molecule has 0 amide bonds. The van der Waals surface area contributed by atoms with Gasteiger partial charge in [0.25, 0.3) is 0 Å². The van der Waals surface area contributed by atoms with Crippen molar-refractivity contribution < 1.29 is 81.7 Å². The average Bonchev–Trinajstić information content (AvgIpc) is 3.15. The molecular formula is C38H58O17. The highest BCUT2D eigenvalue weighted by atomic mass is 16.7. The summed E-state index contributed by atoms with van der Waals surface area (Å²) in [6, 6.07) is 0. The van der Waals surface area contributed by atoms with Gasteiger partial charge < -0.3 is 43.4 Å². The first-order valence-electron chi connectivity index (χ1n) is 17.7. The van der Waals surface area contributed by atoms with Crippen molar-refractivity contribution in [1.29, 1.82) is 0 Å². The van der Waals surface area contributed by atoms with E-state index in [9.17, 15) is 38.4 Å². The molecule has 2 N–H and O–H groups in total. The van der Waals surface area contributed by atoms with Crippen LogP contribution in [-0.2, 0) is 71.5 Å². The van der Waals surface area contributed by atoms with Crippen LogP contribution in [0.5, 0.6) is 0 Å². The van der Waals surface area contributed by atoms with Gasteiger partial charge in [0.15, 0.2) is 0 Å². The normalized spacial score (nSPS) is 13.7. The molecule has 0 bridgehead atoms. The van der Waals surface area contributed by atoms with E-state index >= 15 is 0 Å². The first-order chi connectivity index (χ1) is 26.2. The van der Waals surface area contributed by atoms with E-state index in [0.717, 1.165) is 18.2 Å². The third-order valence-corrected chi connectivity index (χ3v) is 6.42. The van der Waals surface area contributed by atoms with E-state index in [-0.39, 0.29) is 70.0 Å². The maximum atomic E-state index is 11.9. The Morgan fingerprint density at radius 1 is 0.582 bits per heavy atom. The number of unbranched alkanes of at least 4 members (excludes halogenated alkanes) is 4. The Morgan fingerprint density at radius 3 is 1.31 bits per heavy atom. The number of hydrogen-bond donors (Lipinski definition) is 2. The van der Waals surface area contributed by atoms with Crippen LogP contribution >= 0.6 is 0 Å². The largest absolute Gasteiger partial charge is 0.481 e. The van der Waals surface area contributed by atoms with Gasteiger partial charge in [-0.1, -0.05) is 19.7 Å². The first kappa shape index (κ1) is 54.0. The molecule has 2 unspecified atom stereocenters. The third kappa shape index (κ3) is 41.3. The summed E-state index contributed by atoms with van der Waals surface area (Å²) in [5.41, 5.74) is 0. The molecule has 17 heteroatoms. The summed E-state index contributed by atoms with van der Waals surface area (Å²) >= 11 is 0. The van der Waals surface area contributed by atoms with Crippen LogP contribution in [0.3, 0.4) is 0 Å². The summed E-state index contributed by atoms with van der Waals surface area (Å²) in [5.74, 6) is -4.18. The highest BCUT2D eigenvalue weighted by molar-refractivity contribution is 5.81. The zero-order valence-corrected chi connectivity index (χ0v) is 31.9. The van der Waals surface area contributed by atoms with Crippen LogP contribution in [0.4, 0.5) is 0 Å². The Kier molecular flexibility index (Phi) is 37.7. The summed E-state index contributed by atoms with van der Waals surface area (Å²) < 4.78 is 35.0.